The molecule has 1 aliphatic carbocycles. The number of carbonyl (C=O) groups excluding carboxylic acids is 2. The highest BCUT2D eigenvalue weighted by atomic mass is 16.2. The molecular weight excluding hydrogens is 254 g/mol. The molecule has 1 aromatic heterocycles. The Bertz CT molecular complexity index is 469. The first-order chi connectivity index (χ1) is 9.69. The molecule has 2 heterocycles. The van der Waals surface area contributed by atoms with Gasteiger partial charge in [-0.05, 0) is 18.3 Å². The first-order valence-corrected chi connectivity index (χ1v) is 7.49. The van der Waals surface area contributed by atoms with Crippen LogP contribution in [0.5, 0.6) is 0 Å². The van der Waals surface area contributed by atoms with E-state index in [0.29, 0.717) is 25.8 Å². The summed E-state index contributed by atoms with van der Waals surface area (Å²) in [7, 11) is 0. The molecule has 0 unspecified atom stereocenters. The molecule has 5 heteroatoms. The largest absolute Gasteiger partial charge is 0.348 e. The van der Waals surface area contributed by atoms with Gasteiger partial charge in [-0.25, -0.2) is 4.98 Å². The quantitative estimate of drug-likeness (QED) is 0.859. The smallest absolute Gasteiger partial charge is 0.229 e. The highest BCUT2D eigenvalue weighted by Crippen LogP contribution is 2.45. The van der Waals surface area contributed by atoms with Crippen molar-refractivity contribution in [2.24, 2.45) is 5.41 Å². The van der Waals surface area contributed by atoms with Crippen LogP contribution in [0.3, 0.4) is 0 Å². The van der Waals surface area contributed by atoms with Crippen molar-refractivity contribution in [1.82, 2.24) is 14.9 Å². The summed E-state index contributed by atoms with van der Waals surface area (Å²) in [5, 5.41) is 0. The zero-order chi connectivity index (χ0) is 14.0. The van der Waals surface area contributed by atoms with Gasteiger partial charge >= 0.3 is 0 Å². The van der Waals surface area contributed by atoms with Gasteiger partial charge < -0.3 is 4.98 Å². The summed E-state index contributed by atoms with van der Waals surface area (Å²) in [5.74, 6) is 0.0327. The first kappa shape index (κ1) is 13.3. The minimum Gasteiger partial charge on any atom is -0.348 e. The van der Waals surface area contributed by atoms with Crippen LogP contribution in [0.25, 0.3) is 0 Å². The highest BCUT2D eigenvalue weighted by molar-refractivity contribution is 5.98. The van der Waals surface area contributed by atoms with E-state index in [2.05, 4.69) is 9.97 Å². The van der Waals surface area contributed by atoms with Gasteiger partial charge in [0, 0.05) is 37.7 Å². The third-order valence-electron chi connectivity index (χ3n) is 4.73. The number of aromatic amines is 1. The van der Waals surface area contributed by atoms with Gasteiger partial charge in [-0.15, -0.1) is 0 Å². The Kier molecular flexibility index (Phi) is 3.59. The maximum atomic E-state index is 12.3. The maximum Gasteiger partial charge on any atom is 0.229 e. The lowest BCUT2D eigenvalue weighted by Gasteiger charge is -2.42. The van der Waals surface area contributed by atoms with Gasteiger partial charge in [0.05, 0.1) is 6.33 Å². The van der Waals surface area contributed by atoms with Gasteiger partial charge in [0.1, 0.15) is 0 Å². The molecule has 20 heavy (non-hydrogen) atoms. The second-order valence-corrected chi connectivity index (χ2v) is 6.18. The number of rotatable bonds is 3. The Morgan fingerprint density at radius 1 is 1.15 bits per heavy atom. The Hall–Kier alpha value is -1.65. The number of amides is 2. The lowest BCUT2D eigenvalue weighted by Crippen LogP contribution is -2.49. The van der Waals surface area contributed by atoms with Crippen molar-refractivity contribution in [3.05, 3.63) is 18.2 Å². The normalized spacial score (nSPS) is 22.5. The Morgan fingerprint density at radius 3 is 2.45 bits per heavy atom. The van der Waals surface area contributed by atoms with Crippen LogP contribution < -0.4 is 0 Å². The Labute approximate surface area is 118 Å². The fraction of sp³-hybridized carbons (Fsp3) is 0.667. The van der Waals surface area contributed by atoms with Crippen LogP contribution in [0, 0.1) is 5.41 Å². The van der Waals surface area contributed by atoms with E-state index in [9.17, 15) is 9.59 Å². The molecule has 5 nitrogen and oxygen atoms in total. The zero-order valence-electron chi connectivity index (χ0n) is 11.7. The summed E-state index contributed by atoms with van der Waals surface area (Å²) < 4.78 is 0. The minimum absolute atomic E-state index is 0.0164. The topological polar surface area (TPSA) is 66.1 Å². The van der Waals surface area contributed by atoms with Crippen LogP contribution in [0.2, 0.25) is 0 Å². The predicted octanol–water partition coefficient (Wildman–Crippen LogP) is 2.05. The molecule has 0 aromatic carbocycles. The number of aromatic nitrogens is 2. The van der Waals surface area contributed by atoms with Gasteiger partial charge in [0.25, 0.3) is 0 Å². The minimum atomic E-state index is -0.0170. The molecule has 2 fully saturated rings. The van der Waals surface area contributed by atoms with E-state index in [1.807, 2.05) is 0 Å². The molecule has 1 saturated carbocycles. The van der Waals surface area contributed by atoms with E-state index in [4.69, 9.17) is 0 Å². The average molecular weight is 275 g/mol. The fourth-order valence-corrected chi connectivity index (χ4v) is 3.59. The van der Waals surface area contributed by atoms with Crippen LogP contribution in [0.15, 0.2) is 12.5 Å². The van der Waals surface area contributed by atoms with Crippen molar-refractivity contribution >= 4 is 11.8 Å². The number of hydrogen-bond donors (Lipinski definition) is 1. The molecule has 1 saturated heterocycles. The number of likely N-dealkylation sites (tertiary alicyclic amines) is 1. The fourth-order valence-electron chi connectivity index (χ4n) is 3.59. The second-order valence-electron chi connectivity index (χ2n) is 6.18. The molecule has 0 bridgehead atoms. The van der Waals surface area contributed by atoms with Gasteiger partial charge in [-0.2, -0.15) is 0 Å². The SMILES string of the molecule is O=C1CC2(CCCCC2)CC(=O)N1CCc1cnc[nH]1. The van der Waals surface area contributed by atoms with E-state index < -0.39 is 0 Å². The van der Waals surface area contributed by atoms with E-state index in [-0.39, 0.29) is 17.2 Å². The second kappa shape index (κ2) is 5.38. The number of piperidine rings is 1. The van der Waals surface area contributed by atoms with Gasteiger partial charge in [0.2, 0.25) is 11.8 Å². The van der Waals surface area contributed by atoms with Crippen molar-refractivity contribution in [1.29, 1.82) is 0 Å². The average Bonchev–Trinajstić information content (AvgIpc) is 2.91. The molecule has 2 amide bonds. The van der Waals surface area contributed by atoms with E-state index in [1.54, 1.807) is 12.5 Å². The molecule has 0 radical (unpaired) electrons. The summed E-state index contributed by atoms with van der Waals surface area (Å²) >= 11 is 0. The highest BCUT2D eigenvalue weighted by Gasteiger charge is 2.43. The third kappa shape index (κ3) is 2.62. The van der Waals surface area contributed by atoms with Gasteiger partial charge in [-0.3, -0.25) is 14.5 Å². The predicted molar refractivity (Wildman–Crippen MR) is 73.8 cm³/mol. The van der Waals surface area contributed by atoms with E-state index in [0.717, 1.165) is 31.4 Å². The van der Waals surface area contributed by atoms with Gasteiger partial charge in [0.15, 0.2) is 0 Å². The van der Waals surface area contributed by atoms with Crippen molar-refractivity contribution in [2.45, 2.75) is 51.4 Å². The monoisotopic (exact) mass is 275 g/mol. The lowest BCUT2D eigenvalue weighted by atomic mass is 9.67. The zero-order valence-corrected chi connectivity index (χ0v) is 11.7. The number of imide groups is 1. The number of carbonyl (C=O) groups is 2. The lowest BCUT2D eigenvalue weighted by molar-refractivity contribution is -0.154. The van der Waals surface area contributed by atoms with Crippen molar-refractivity contribution in [2.75, 3.05) is 6.54 Å². The van der Waals surface area contributed by atoms with Crippen molar-refractivity contribution < 1.29 is 9.59 Å². The number of hydrogen-bond acceptors (Lipinski definition) is 3. The summed E-state index contributed by atoms with van der Waals surface area (Å²) in [6.07, 6.45) is 10.8. The van der Waals surface area contributed by atoms with Crippen LogP contribution in [0.4, 0.5) is 0 Å². The van der Waals surface area contributed by atoms with Crippen LogP contribution >= 0.6 is 0 Å². The molecule has 1 aliphatic heterocycles. The number of nitrogens with one attached hydrogen (secondary N) is 1. The number of nitrogens with zero attached hydrogens (tertiary/aromatic N) is 2. The Morgan fingerprint density at radius 2 is 1.85 bits per heavy atom. The molecule has 108 valence electrons. The Balaban J connectivity index is 1.63. The van der Waals surface area contributed by atoms with Crippen molar-refractivity contribution in [3.63, 3.8) is 0 Å². The van der Waals surface area contributed by atoms with Crippen LogP contribution in [-0.2, 0) is 16.0 Å². The standard InChI is InChI=1S/C15H21N3O2/c19-13-8-15(5-2-1-3-6-15)9-14(20)18(13)7-4-12-10-16-11-17-12/h10-11H,1-9H2,(H,16,17). The molecule has 1 aromatic rings. The summed E-state index contributed by atoms with van der Waals surface area (Å²) in [6.45, 7) is 0.468. The number of imidazole rings is 1. The molecular formula is C15H21N3O2. The third-order valence-corrected chi connectivity index (χ3v) is 4.73. The number of H-pyrrole nitrogens is 1. The summed E-state index contributed by atoms with van der Waals surface area (Å²) in [4.78, 5) is 33.0. The molecule has 3 rings (SSSR count). The molecule has 1 spiro atoms. The van der Waals surface area contributed by atoms with Crippen LogP contribution in [-0.4, -0.2) is 33.2 Å². The molecule has 0 atom stereocenters. The first-order valence-electron chi connectivity index (χ1n) is 7.49. The van der Waals surface area contributed by atoms with Crippen LogP contribution in [0.1, 0.15) is 50.6 Å². The molecule has 2 aliphatic rings. The molecule has 1 N–H and O–H groups in total. The van der Waals surface area contributed by atoms with E-state index in [1.165, 1.54) is 11.3 Å². The maximum absolute atomic E-state index is 12.3. The van der Waals surface area contributed by atoms with E-state index >= 15 is 0 Å². The van der Waals surface area contributed by atoms with Gasteiger partial charge in [-0.1, -0.05) is 19.3 Å². The summed E-state index contributed by atoms with van der Waals surface area (Å²) in [6, 6.07) is 0. The van der Waals surface area contributed by atoms with Crippen molar-refractivity contribution in [3.8, 4) is 0 Å². The summed E-state index contributed by atoms with van der Waals surface area (Å²) in [5.41, 5.74) is 0.945.